The van der Waals surface area contributed by atoms with E-state index in [0.29, 0.717) is 3.57 Å². The van der Waals surface area contributed by atoms with Gasteiger partial charge in [-0.2, -0.15) is 0 Å². The monoisotopic (exact) mass is 551 g/mol. The number of rotatable bonds is 8. The van der Waals surface area contributed by atoms with Crippen LogP contribution in [0, 0.1) is 21.0 Å². The number of anilines is 2. The molecule has 1 unspecified atom stereocenters. The first-order chi connectivity index (χ1) is 14.6. The fourth-order valence-corrected chi connectivity index (χ4v) is 3.70. The van der Waals surface area contributed by atoms with Gasteiger partial charge in [0.2, 0.25) is 5.60 Å². The molecule has 11 heteroatoms. The van der Waals surface area contributed by atoms with E-state index in [2.05, 4.69) is 10.6 Å². The van der Waals surface area contributed by atoms with Gasteiger partial charge in [0.1, 0.15) is 5.82 Å². The third kappa shape index (κ3) is 5.47. The fourth-order valence-electron chi connectivity index (χ4n) is 3.25. The van der Waals surface area contributed by atoms with E-state index in [-0.39, 0.29) is 44.0 Å². The highest BCUT2D eigenvalue weighted by atomic mass is 127. The average molecular weight is 551 g/mol. The number of nitrogens with two attached hydrogens (primary N) is 1. The van der Waals surface area contributed by atoms with E-state index in [1.807, 2.05) is 22.6 Å². The van der Waals surface area contributed by atoms with Gasteiger partial charge >= 0.3 is 0 Å². The van der Waals surface area contributed by atoms with Crippen molar-refractivity contribution in [3.63, 3.8) is 0 Å². The molecule has 0 saturated carbocycles. The SMILES string of the molecule is NCC(O)CNCC1([OH2+])CN(C(=O)c2ccc(F)c(F)c2Nc2ccc(I)cc2F)C1. The van der Waals surface area contributed by atoms with Crippen LogP contribution in [0.25, 0.3) is 0 Å². The number of hydrogen-bond donors (Lipinski definition) is 4. The molecule has 7 N–H and O–H groups in total. The van der Waals surface area contributed by atoms with Crippen LogP contribution < -0.4 is 16.4 Å². The molecule has 2 aromatic rings. The first kappa shape index (κ1) is 23.7. The average Bonchev–Trinajstić information content (AvgIpc) is 2.70. The summed E-state index contributed by atoms with van der Waals surface area (Å²) >= 11 is 1.92. The Hall–Kier alpha value is -1.93. The van der Waals surface area contributed by atoms with E-state index < -0.39 is 40.8 Å². The highest BCUT2D eigenvalue weighted by Gasteiger charge is 2.48. The Labute approximate surface area is 190 Å². The lowest BCUT2D eigenvalue weighted by molar-refractivity contribution is -0.0792. The molecule has 1 heterocycles. The van der Waals surface area contributed by atoms with Crippen molar-refractivity contribution in [3.05, 3.63) is 56.9 Å². The van der Waals surface area contributed by atoms with Gasteiger partial charge in [-0.3, -0.25) is 4.79 Å². The Morgan fingerprint density at radius 1 is 1.26 bits per heavy atom. The highest BCUT2D eigenvalue weighted by Crippen LogP contribution is 2.31. The number of nitrogens with one attached hydrogen (secondary N) is 2. The van der Waals surface area contributed by atoms with Gasteiger partial charge in [-0.15, -0.1) is 0 Å². The minimum absolute atomic E-state index is 0.0634. The molecule has 0 radical (unpaired) electrons. The molecule has 0 spiro atoms. The molecule has 0 aliphatic carbocycles. The van der Waals surface area contributed by atoms with E-state index in [4.69, 9.17) is 10.8 Å². The second-order valence-corrected chi connectivity index (χ2v) is 8.74. The Morgan fingerprint density at radius 2 is 1.97 bits per heavy atom. The van der Waals surface area contributed by atoms with Crippen LogP contribution in [0.1, 0.15) is 10.4 Å². The van der Waals surface area contributed by atoms with Gasteiger partial charge in [0.15, 0.2) is 11.6 Å². The van der Waals surface area contributed by atoms with Crippen LogP contribution in [0.5, 0.6) is 0 Å². The standard InChI is InChI=1S/C20H22F3IN4O3/c21-14-3-2-13(18(17(14)23)27-16-4-1-11(24)5-15(16)22)19(30)28-9-20(31,10-28)8-26-7-12(29)6-25/h1-5,12,26-27,29,31H,6-10,25H2/p+1. The Kier molecular flexibility index (Phi) is 7.42. The van der Waals surface area contributed by atoms with E-state index >= 15 is 0 Å². The normalized spacial score (nSPS) is 16.0. The lowest BCUT2D eigenvalue weighted by Gasteiger charge is -2.43. The predicted molar refractivity (Wildman–Crippen MR) is 119 cm³/mol. The number of halogens is 4. The smallest absolute Gasteiger partial charge is 0.256 e. The number of carbonyl (C=O) groups excluding carboxylic acids is 1. The van der Waals surface area contributed by atoms with Crippen LogP contribution >= 0.6 is 22.6 Å². The summed E-state index contributed by atoms with van der Waals surface area (Å²) in [5.74, 6) is -3.74. The fraction of sp³-hybridized carbons (Fsp3) is 0.350. The van der Waals surface area contributed by atoms with Gasteiger partial charge in [-0.1, -0.05) is 0 Å². The Bertz CT molecular complexity index is 973. The summed E-state index contributed by atoms with van der Waals surface area (Å²) < 4.78 is 43.2. The van der Waals surface area contributed by atoms with Crippen molar-refractivity contribution < 1.29 is 28.2 Å². The summed E-state index contributed by atoms with van der Waals surface area (Å²) in [7, 11) is 0. The first-order valence-corrected chi connectivity index (χ1v) is 10.5. The highest BCUT2D eigenvalue weighted by molar-refractivity contribution is 14.1. The summed E-state index contributed by atoms with van der Waals surface area (Å²) in [4.78, 5) is 14.2. The van der Waals surface area contributed by atoms with Crippen LogP contribution in [-0.4, -0.2) is 65.4 Å². The molecule has 0 aromatic heterocycles. The molecule has 1 fully saturated rings. The summed E-state index contributed by atoms with van der Waals surface area (Å²) in [5, 5.41) is 23.2. The maximum Gasteiger partial charge on any atom is 0.256 e. The van der Waals surface area contributed by atoms with Gasteiger partial charge < -0.3 is 31.5 Å². The molecule has 1 atom stereocenters. The van der Waals surface area contributed by atoms with Crippen LogP contribution in [-0.2, 0) is 0 Å². The van der Waals surface area contributed by atoms with Crippen LogP contribution in [0.2, 0.25) is 0 Å². The quantitative estimate of drug-likeness (QED) is 0.292. The zero-order valence-corrected chi connectivity index (χ0v) is 18.5. The van der Waals surface area contributed by atoms with E-state index in [1.165, 1.54) is 17.0 Å². The number of carbonyl (C=O) groups is 1. The lowest BCUT2D eigenvalue weighted by atomic mass is 9.92. The lowest BCUT2D eigenvalue weighted by Crippen LogP contribution is -2.67. The molecule has 31 heavy (non-hydrogen) atoms. The Morgan fingerprint density at radius 3 is 2.61 bits per heavy atom. The number of likely N-dealkylation sites (tertiary alicyclic amines) is 1. The molecule has 2 aromatic carbocycles. The van der Waals surface area contributed by atoms with Crippen molar-refractivity contribution in [2.75, 3.05) is 38.0 Å². The second-order valence-electron chi connectivity index (χ2n) is 7.50. The third-order valence-corrected chi connectivity index (χ3v) is 5.58. The maximum absolute atomic E-state index is 14.5. The van der Waals surface area contributed by atoms with Crippen LogP contribution in [0.15, 0.2) is 30.3 Å². The maximum atomic E-state index is 14.5. The summed E-state index contributed by atoms with van der Waals surface area (Å²) in [6, 6.07) is 6.15. The summed E-state index contributed by atoms with van der Waals surface area (Å²) in [6.07, 6.45) is -0.723. The van der Waals surface area contributed by atoms with E-state index in [9.17, 15) is 23.1 Å². The van der Waals surface area contributed by atoms with Crippen molar-refractivity contribution in [1.29, 1.82) is 0 Å². The predicted octanol–water partition coefficient (Wildman–Crippen LogP) is 1.28. The van der Waals surface area contributed by atoms with Crippen molar-refractivity contribution in [2.24, 2.45) is 5.73 Å². The number of nitrogens with zero attached hydrogens (tertiary/aromatic N) is 1. The molecule has 168 valence electrons. The number of amides is 1. The summed E-state index contributed by atoms with van der Waals surface area (Å²) in [5.41, 5.74) is 3.63. The molecule has 1 aliphatic heterocycles. The number of hydrogen-bond acceptors (Lipinski definition) is 5. The minimum Gasteiger partial charge on any atom is -0.437 e. The van der Waals surface area contributed by atoms with E-state index in [0.717, 1.165) is 12.1 Å². The molecule has 1 amide bonds. The molecular weight excluding hydrogens is 528 g/mol. The third-order valence-electron chi connectivity index (χ3n) is 4.91. The summed E-state index contributed by atoms with van der Waals surface area (Å²) in [6.45, 7) is 0.673. The van der Waals surface area contributed by atoms with Crippen LogP contribution in [0.4, 0.5) is 24.5 Å². The number of benzene rings is 2. The van der Waals surface area contributed by atoms with Crippen molar-refractivity contribution in [3.8, 4) is 0 Å². The molecule has 1 saturated heterocycles. The zero-order chi connectivity index (χ0) is 22.8. The molecule has 7 nitrogen and oxygen atoms in total. The van der Waals surface area contributed by atoms with Crippen molar-refractivity contribution >= 4 is 39.9 Å². The van der Waals surface area contributed by atoms with Gasteiger partial charge in [0.25, 0.3) is 5.91 Å². The van der Waals surface area contributed by atoms with Crippen molar-refractivity contribution in [1.82, 2.24) is 10.2 Å². The largest absolute Gasteiger partial charge is 0.437 e. The molecule has 0 bridgehead atoms. The molecular formula is C20H23F3IN4O3+. The van der Waals surface area contributed by atoms with Gasteiger partial charge in [0, 0.05) is 16.7 Å². The number of aliphatic hydroxyl groups is 1. The van der Waals surface area contributed by atoms with E-state index in [1.54, 1.807) is 6.07 Å². The molecule has 1 aliphatic rings. The van der Waals surface area contributed by atoms with Gasteiger partial charge in [-0.25, -0.2) is 13.2 Å². The topological polar surface area (TPSA) is 114 Å². The van der Waals surface area contributed by atoms with Crippen LogP contribution in [0.3, 0.4) is 0 Å². The zero-order valence-electron chi connectivity index (χ0n) is 16.4. The van der Waals surface area contributed by atoms with Gasteiger partial charge in [-0.05, 0) is 52.9 Å². The minimum atomic E-state index is -1.29. The molecule has 3 rings (SSSR count). The van der Waals surface area contributed by atoms with Gasteiger partial charge in [0.05, 0.1) is 42.7 Å². The Balaban J connectivity index is 1.74. The number of aliphatic hydroxyl groups excluding tert-OH is 1. The second kappa shape index (κ2) is 9.69. The first-order valence-electron chi connectivity index (χ1n) is 9.47. The van der Waals surface area contributed by atoms with Crippen molar-refractivity contribution in [2.45, 2.75) is 11.7 Å².